The molecule has 0 aliphatic heterocycles. The van der Waals surface area contributed by atoms with Crippen LogP contribution in [0.3, 0.4) is 0 Å². The van der Waals surface area contributed by atoms with E-state index in [2.05, 4.69) is 0 Å². The van der Waals surface area contributed by atoms with Crippen LogP contribution in [0.4, 0.5) is 5.69 Å². The first kappa shape index (κ1) is 17.7. The van der Waals surface area contributed by atoms with E-state index in [1.807, 2.05) is 0 Å². The number of ketones is 1. The Kier molecular flexibility index (Phi) is 5.71. The highest BCUT2D eigenvalue weighted by atomic mass is 35.5. The Labute approximate surface area is 145 Å². The molecule has 0 aromatic heterocycles. The molecule has 0 unspecified atom stereocenters. The molecule has 0 fully saturated rings. The van der Waals surface area contributed by atoms with E-state index in [1.165, 1.54) is 13.2 Å². The quantitative estimate of drug-likeness (QED) is 0.489. The second-order valence-corrected chi connectivity index (χ2v) is 5.29. The molecular weight excluding hydrogens is 330 g/mol. The van der Waals surface area contributed by atoms with E-state index < -0.39 is 0 Å². The lowest BCUT2D eigenvalue weighted by atomic mass is 10.1. The maximum absolute atomic E-state index is 12.5. The van der Waals surface area contributed by atoms with Crippen LogP contribution in [0, 0.1) is 0 Å². The molecule has 0 bridgehead atoms. The third-order valence-corrected chi connectivity index (χ3v) is 3.71. The molecule has 2 aromatic rings. The summed E-state index contributed by atoms with van der Waals surface area (Å²) in [4.78, 5) is 12.5. The van der Waals surface area contributed by atoms with Gasteiger partial charge in [-0.15, -0.1) is 0 Å². The molecule has 0 amide bonds. The molecule has 0 atom stereocenters. The molecule has 0 spiro atoms. The van der Waals surface area contributed by atoms with Gasteiger partial charge in [-0.3, -0.25) is 4.79 Å². The van der Waals surface area contributed by atoms with Crippen LogP contribution in [0.1, 0.15) is 15.9 Å². The monoisotopic (exact) mass is 347 g/mol. The molecule has 0 heterocycles. The van der Waals surface area contributed by atoms with Crippen LogP contribution in [-0.2, 0) is 0 Å². The molecule has 0 aliphatic rings. The van der Waals surface area contributed by atoms with Gasteiger partial charge in [0, 0.05) is 11.1 Å². The van der Waals surface area contributed by atoms with Crippen molar-refractivity contribution in [2.45, 2.75) is 0 Å². The number of benzene rings is 2. The lowest BCUT2D eigenvalue weighted by Gasteiger charge is -2.09. The van der Waals surface area contributed by atoms with Crippen LogP contribution in [0.15, 0.2) is 41.4 Å². The summed E-state index contributed by atoms with van der Waals surface area (Å²) in [7, 11) is 4.58. The molecule has 0 saturated heterocycles. The third kappa shape index (κ3) is 3.81. The highest BCUT2D eigenvalue weighted by molar-refractivity contribution is 6.47. The Bertz CT molecular complexity index is 787. The first-order valence-corrected chi connectivity index (χ1v) is 7.45. The largest absolute Gasteiger partial charge is 0.497 e. The first-order valence-electron chi connectivity index (χ1n) is 7.07. The Hall–Kier alpha value is -2.66. The van der Waals surface area contributed by atoms with Gasteiger partial charge in [0.15, 0.2) is 0 Å². The van der Waals surface area contributed by atoms with E-state index in [0.717, 1.165) is 0 Å². The fourth-order valence-corrected chi connectivity index (χ4v) is 2.37. The van der Waals surface area contributed by atoms with Gasteiger partial charge in [0.2, 0.25) is 5.78 Å². The number of carbonyl (C=O) groups excluding carboxylic acids is 1. The van der Waals surface area contributed by atoms with Crippen molar-refractivity contribution >= 4 is 29.1 Å². The number of allylic oxidation sites excluding steroid dienone is 1. The zero-order valence-electron chi connectivity index (χ0n) is 13.6. The van der Waals surface area contributed by atoms with Crippen LogP contribution >= 0.6 is 11.6 Å². The lowest BCUT2D eigenvalue weighted by Crippen LogP contribution is -2.01. The summed E-state index contributed by atoms with van der Waals surface area (Å²) in [5.74, 6) is 1.29. The van der Waals surface area contributed by atoms with Crippen molar-refractivity contribution < 1.29 is 19.0 Å². The minimum Gasteiger partial charge on any atom is -0.497 e. The van der Waals surface area contributed by atoms with Crippen LogP contribution in [0.25, 0.3) is 6.08 Å². The molecule has 126 valence electrons. The number of rotatable bonds is 6. The van der Waals surface area contributed by atoms with Gasteiger partial charge in [-0.1, -0.05) is 11.6 Å². The van der Waals surface area contributed by atoms with Crippen LogP contribution in [-0.4, -0.2) is 27.1 Å². The minimum absolute atomic E-state index is 0.0355. The molecule has 24 heavy (non-hydrogen) atoms. The predicted octanol–water partition coefficient (Wildman–Crippen LogP) is 3.76. The second kappa shape index (κ2) is 7.75. The summed E-state index contributed by atoms with van der Waals surface area (Å²) in [5, 5.41) is 0.0355. The maximum Gasteiger partial charge on any atom is 0.204 e. The van der Waals surface area contributed by atoms with Crippen molar-refractivity contribution in [3.05, 3.63) is 52.6 Å². The Morgan fingerprint density at radius 1 is 1.00 bits per heavy atom. The van der Waals surface area contributed by atoms with Gasteiger partial charge in [-0.25, -0.2) is 0 Å². The Morgan fingerprint density at radius 3 is 2.33 bits per heavy atom. The average molecular weight is 348 g/mol. The van der Waals surface area contributed by atoms with Gasteiger partial charge in [0.05, 0.1) is 32.0 Å². The number of methoxy groups -OCH3 is 3. The maximum atomic E-state index is 12.5. The standard InChI is InChI=1S/C18H18ClNO4/c1-22-13-5-7-16(23-2)12(8-13)9-14(19)18(21)11-4-6-15(20)17(10-11)24-3/h4-10H,20H2,1-3H3/b14-9+. The van der Waals surface area contributed by atoms with Gasteiger partial charge in [-0.05, 0) is 42.5 Å². The molecule has 2 rings (SSSR count). The number of nitrogens with two attached hydrogens (primary N) is 1. The SMILES string of the molecule is COc1ccc(OC)c(/C=C(/Cl)C(=O)c2ccc(N)c(OC)c2)c1. The van der Waals surface area contributed by atoms with Crippen molar-refractivity contribution in [1.29, 1.82) is 0 Å². The van der Waals surface area contributed by atoms with Gasteiger partial charge in [0.25, 0.3) is 0 Å². The zero-order chi connectivity index (χ0) is 17.7. The van der Waals surface area contributed by atoms with Crippen LogP contribution in [0.2, 0.25) is 0 Å². The zero-order valence-corrected chi connectivity index (χ0v) is 14.4. The molecule has 0 saturated carbocycles. The van der Waals surface area contributed by atoms with E-state index in [-0.39, 0.29) is 10.8 Å². The number of hydrogen-bond donors (Lipinski definition) is 1. The number of halogens is 1. The first-order chi connectivity index (χ1) is 11.5. The fraction of sp³-hybridized carbons (Fsp3) is 0.167. The van der Waals surface area contributed by atoms with E-state index in [9.17, 15) is 4.79 Å². The van der Waals surface area contributed by atoms with Gasteiger partial charge in [-0.2, -0.15) is 0 Å². The van der Waals surface area contributed by atoms with Crippen molar-refractivity contribution in [1.82, 2.24) is 0 Å². The Morgan fingerprint density at radius 2 is 1.71 bits per heavy atom. The molecule has 0 aliphatic carbocycles. The molecular formula is C18H18ClNO4. The second-order valence-electron chi connectivity index (χ2n) is 4.89. The fourth-order valence-electron chi connectivity index (χ4n) is 2.14. The summed E-state index contributed by atoms with van der Waals surface area (Å²) in [6.07, 6.45) is 1.54. The number of Topliss-reactive ketones (excluding diaryl/α,β-unsaturated/α-hetero) is 1. The van der Waals surface area contributed by atoms with Crippen molar-refractivity contribution in [2.75, 3.05) is 27.1 Å². The normalized spacial score (nSPS) is 11.1. The van der Waals surface area contributed by atoms with Gasteiger partial charge < -0.3 is 19.9 Å². The number of ether oxygens (including phenoxy) is 3. The summed E-state index contributed by atoms with van der Waals surface area (Å²) in [5.41, 5.74) is 7.22. The van der Waals surface area contributed by atoms with E-state index >= 15 is 0 Å². The van der Waals surface area contributed by atoms with Crippen LogP contribution in [0.5, 0.6) is 17.2 Å². The van der Waals surface area contributed by atoms with E-state index in [4.69, 9.17) is 31.5 Å². The summed E-state index contributed by atoms with van der Waals surface area (Å²) >= 11 is 6.20. The summed E-state index contributed by atoms with van der Waals surface area (Å²) in [6.45, 7) is 0. The summed E-state index contributed by atoms with van der Waals surface area (Å²) in [6, 6.07) is 9.98. The highest BCUT2D eigenvalue weighted by Crippen LogP contribution is 2.29. The van der Waals surface area contributed by atoms with Crippen molar-refractivity contribution in [3.8, 4) is 17.2 Å². The van der Waals surface area contributed by atoms with Crippen LogP contribution < -0.4 is 19.9 Å². The lowest BCUT2D eigenvalue weighted by molar-refractivity contribution is 0.104. The van der Waals surface area contributed by atoms with E-state index in [1.54, 1.807) is 50.6 Å². The number of carbonyl (C=O) groups is 1. The van der Waals surface area contributed by atoms with Gasteiger partial charge in [0.1, 0.15) is 17.2 Å². The molecule has 5 nitrogen and oxygen atoms in total. The average Bonchev–Trinajstić information content (AvgIpc) is 2.61. The number of nitrogen functional groups attached to an aromatic ring is 1. The number of hydrogen-bond acceptors (Lipinski definition) is 5. The molecule has 0 radical (unpaired) electrons. The topological polar surface area (TPSA) is 70.8 Å². The van der Waals surface area contributed by atoms with E-state index in [0.29, 0.717) is 34.1 Å². The van der Waals surface area contributed by atoms with Crippen molar-refractivity contribution in [3.63, 3.8) is 0 Å². The van der Waals surface area contributed by atoms with Gasteiger partial charge >= 0.3 is 0 Å². The molecule has 6 heteroatoms. The van der Waals surface area contributed by atoms with Crippen molar-refractivity contribution in [2.24, 2.45) is 0 Å². The minimum atomic E-state index is -0.347. The predicted molar refractivity (Wildman–Crippen MR) is 95.1 cm³/mol. The highest BCUT2D eigenvalue weighted by Gasteiger charge is 2.14. The smallest absolute Gasteiger partial charge is 0.204 e. The third-order valence-electron chi connectivity index (χ3n) is 3.43. The molecule has 2 N–H and O–H groups in total. The Balaban J connectivity index is 2.38. The number of anilines is 1. The summed E-state index contributed by atoms with van der Waals surface area (Å²) < 4.78 is 15.6. The molecule has 2 aromatic carbocycles.